The van der Waals surface area contributed by atoms with Gasteiger partial charge in [-0.25, -0.2) is 18.4 Å². The molecule has 0 amide bonds. The van der Waals surface area contributed by atoms with Crippen molar-refractivity contribution in [2.45, 2.75) is 62.2 Å². The van der Waals surface area contributed by atoms with Crippen molar-refractivity contribution < 1.29 is 8.42 Å². The van der Waals surface area contributed by atoms with Crippen LogP contribution in [-0.4, -0.2) is 28.4 Å². The lowest BCUT2D eigenvalue weighted by Gasteiger charge is -2.18. The van der Waals surface area contributed by atoms with Crippen LogP contribution >= 0.6 is 0 Å². The third-order valence-corrected chi connectivity index (χ3v) is 8.01. The second-order valence-electron chi connectivity index (χ2n) is 11.1. The highest BCUT2D eigenvalue weighted by atomic mass is 32.2. The summed E-state index contributed by atoms with van der Waals surface area (Å²) in [6.45, 7) is 12.7. The Labute approximate surface area is 205 Å². The number of nitrogens with one attached hydrogen (secondary N) is 2. The summed E-state index contributed by atoms with van der Waals surface area (Å²) in [5.41, 5.74) is 4.97. The summed E-state index contributed by atoms with van der Waals surface area (Å²) in [7, 11) is -3.72. The lowest BCUT2D eigenvalue weighted by Crippen LogP contribution is -2.12. The maximum Gasteiger partial charge on any atom is 0.206 e. The van der Waals surface area contributed by atoms with E-state index < -0.39 is 9.84 Å². The fraction of sp³-hybridized carbons (Fsp3) is 0.286. The Balaban J connectivity index is 1.51. The number of aromatic nitrogens is 4. The number of sulfone groups is 1. The van der Waals surface area contributed by atoms with Crippen LogP contribution in [0.15, 0.2) is 70.5 Å². The highest BCUT2D eigenvalue weighted by Gasteiger charge is 2.22. The SMILES string of the molecule is CC(C)(C)c1ccc(-c2nc3ccc(S(=O)(=O)c4ccc5nc(C(C)(C)C)[nH]c5c4)cc3[nH]2)cc1. The summed E-state index contributed by atoms with van der Waals surface area (Å²) >= 11 is 0. The van der Waals surface area contributed by atoms with E-state index in [1.807, 2.05) is 12.1 Å². The first-order valence-electron chi connectivity index (χ1n) is 11.7. The topological polar surface area (TPSA) is 91.5 Å². The second-order valence-corrected chi connectivity index (χ2v) is 13.1. The summed E-state index contributed by atoms with van der Waals surface area (Å²) in [4.78, 5) is 16.3. The minimum atomic E-state index is -3.72. The molecule has 7 heteroatoms. The molecule has 0 aliphatic carbocycles. The van der Waals surface area contributed by atoms with E-state index in [0.717, 1.165) is 22.4 Å². The quantitative estimate of drug-likeness (QED) is 0.303. The summed E-state index contributed by atoms with van der Waals surface area (Å²) < 4.78 is 26.9. The van der Waals surface area contributed by atoms with E-state index in [0.29, 0.717) is 16.9 Å². The van der Waals surface area contributed by atoms with Gasteiger partial charge in [-0.15, -0.1) is 0 Å². The van der Waals surface area contributed by atoms with E-state index in [1.54, 1.807) is 36.4 Å². The average Bonchev–Trinajstić information content (AvgIpc) is 3.41. The zero-order valence-electron chi connectivity index (χ0n) is 20.9. The van der Waals surface area contributed by atoms with Gasteiger partial charge in [0, 0.05) is 11.0 Å². The monoisotopic (exact) mass is 486 g/mol. The second kappa shape index (κ2) is 7.78. The number of nitrogens with zero attached hydrogens (tertiary/aromatic N) is 2. The van der Waals surface area contributed by atoms with Crippen molar-refractivity contribution >= 4 is 31.9 Å². The molecule has 2 aromatic heterocycles. The number of benzene rings is 3. The first kappa shape index (κ1) is 23.3. The zero-order chi connectivity index (χ0) is 25.2. The van der Waals surface area contributed by atoms with E-state index in [9.17, 15) is 8.42 Å². The maximum atomic E-state index is 13.5. The number of aromatic amines is 2. The molecule has 0 spiro atoms. The molecule has 0 bridgehead atoms. The molecule has 2 N–H and O–H groups in total. The molecule has 6 nitrogen and oxygen atoms in total. The Morgan fingerprint density at radius 1 is 0.657 bits per heavy atom. The first-order valence-corrected chi connectivity index (χ1v) is 13.2. The van der Waals surface area contributed by atoms with Crippen molar-refractivity contribution in [1.29, 1.82) is 0 Å². The van der Waals surface area contributed by atoms with Gasteiger partial charge < -0.3 is 9.97 Å². The summed E-state index contributed by atoms with van der Waals surface area (Å²) in [5, 5.41) is 0. The Morgan fingerprint density at radius 2 is 1.20 bits per heavy atom. The van der Waals surface area contributed by atoms with Crippen molar-refractivity contribution in [2.24, 2.45) is 0 Å². The van der Waals surface area contributed by atoms with Crippen molar-refractivity contribution in [1.82, 2.24) is 19.9 Å². The van der Waals surface area contributed by atoms with Crippen molar-refractivity contribution in [3.8, 4) is 11.4 Å². The molecule has 180 valence electrons. The molecule has 35 heavy (non-hydrogen) atoms. The van der Waals surface area contributed by atoms with Crippen molar-refractivity contribution in [2.75, 3.05) is 0 Å². The van der Waals surface area contributed by atoms with E-state index >= 15 is 0 Å². The molecule has 0 fully saturated rings. The van der Waals surface area contributed by atoms with Gasteiger partial charge in [0.05, 0.1) is 31.9 Å². The maximum absolute atomic E-state index is 13.5. The van der Waals surface area contributed by atoms with Crippen LogP contribution in [0.25, 0.3) is 33.5 Å². The van der Waals surface area contributed by atoms with E-state index in [4.69, 9.17) is 0 Å². The fourth-order valence-corrected chi connectivity index (χ4v) is 5.38. The number of hydrogen-bond acceptors (Lipinski definition) is 4. The molecule has 0 aliphatic heterocycles. The number of imidazole rings is 2. The molecule has 0 saturated carbocycles. The predicted octanol–water partition coefficient (Wildman–Crippen LogP) is 6.53. The molecule has 5 rings (SSSR count). The molecule has 0 aliphatic rings. The molecule has 2 heterocycles. The molecular weight excluding hydrogens is 456 g/mol. The van der Waals surface area contributed by atoms with Gasteiger partial charge in [-0.2, -0.15) is 0 Å². The number of fused-ring (bicyclic) bond motifs is 2. The van der Waals surface area contributed by atoms with Crippen LogP contribution in [0.4, 0.5) is 0 Å². The standard InChI is InChI=1S/C28H30N4O2S/c1-27(2,3)18-9-7-17(8-10-18)25-29-21-13-11-19(15-23(21)30-25)35(33,34)20-12-14-22-24(16-20)32-26(31-22)28(4,5)6/h7-16H,1-6H3,(H,29,30)(H,31,32). The van der Waals surface area contributed by atoms with Crippen LogP contribution in [0, 0.1) is 0 Å². The Kier molecular flexibility index (Phi) is 5.18. The van der Waals surface area contributed by atoms with Crippen LogP contribution in [-0.2, 0) is 20.7 Å². The van der Waals surface area contributed by atoms with Gasteiger partial charge >= 0.3 is 0 Å². The minimum Gasteiger partial charge on any atom is -0.341 e. The molecule has 3 aromatic carbocycles. The molecule has 0 saturated heterocycles. The molecular formula is C28H30N4O2S. The van der Waals surface area contributed by atoms with Crippen molar-refractivity contribution in [3.63, 3.8) is 0 Å². The Bertz CT molecular complexity index is 1660. The Hall–Kier alpha value is -3.45. The van der Waals surface area contributed by atoms with Crippen LogP contribution in [0.3, 0.4) is 0 Å². The fourth-order valence-electron chi connectivity index (χ4n) is 4.07. The van der Waals surface area contributed by atoms with Gasteiger partial charge in [0.1, 0.15) is 11.6 Å². The summed E-state index contributed by atoms with van der Waals surface area (Å²) in [5.74, 6) is 1.53. The number of hydrogen-bond donors (Lipinski definition) is 2. The molecule has 0 unspecified atom stereocenters. The van der Waals surface area contributed by atoms with Gasteiger partial charge in [0.25, 0.3) is 0 Å². The van der Waals surface area contributed by atoms with Crippen LogP contribution in [0.5, 0.6) is 0 Å². The van der Waals surface area contributed by atoms with Crippen LogP contribution < -0.4 is 0 Å². The lowest BCUT2D eigenvalue weighted by atomic mass is 9.87. The van der Waals surface area contributed by atoms with E-state index in [1.165, 1.54) is 5.56 Å². The van der Waals surface area contributed by atoms with E-state index in [-0.39, 0.29) is 20.6 Å². The molecule has 0 radical (unpaired) electrons. The van der Waals surface area contributed by atoms with Gasteiger partial charge in [0.2, 0.25) is 9.84 Å². The predicted molar refractivity (Wildman–Crippen MR) is 140 cm³/mol. The highest BCUT2D eigenvalue weighted by Crippen LogP contribution is 2.30. The van der Waals surface area contributed by atoms with Crippen LogP contribution in [0.2, 0.25) is 0 Å². The van der Waals surface area contributed by atoms with Gasteiger partial charge in [-0.3, -0.25) is 0 Å². The van der Waals surface area contributed by atoms with Crippen molar-refractivity contribution in [3.05, 3.63) is 72.1 Å². The summed E-state index contributed by atoms with van der Waals surface area (Å²) in [6, 6.07) is 18.3. The summed E-state index contributed by atoms with van der Waals surface area (Å²) in [6.07, 6.45) is 0. The third-order valence-electron chi connectivity index (χ3n) is 6.26. The normalized spacial score (nSPS) is 13.1. The average molecular weight is 487 g/mol. The van der Waals surface area contributed by atoms with E-state index in [2.05, 4.69) is 73.6 Å². The Morgan fingerprint density at radius 3 is 1.74 bits per heavy atom. The highest BCUT2D eigenvalue weighted by molar-refractivity contribution is 7.91. The number of rotatable bonds is 3. The minimum absolute atomic E-state index is 0.0726. The van der Waals surface area contributed by atoms with Gasteiger partial charge in [0.15, 0.2) is 0 Å². The number of H-pyrrole nitrogens is 2. The molecule has 5 aromatic rings. The third kappa shape index (κ3) is 4.25. The zero-order valence-corrected chi connectivity index (χ0v) is 21.7. The van der Waals surface area contributed by atoms with Gasteiger partial charge in [-0.1, -0.05) is 65.8 Å². The first-order chi connectivity index (χ1) is 16.3. The van der Waals surface area contributed by atoms with Gasteiger partial charge in [-0.05, 0) is 47.4 Å². The van der Waals surface area contributed by atoms with Crippen LogP contribution in [0.1, 0.15) is 52.9 Å². The smallest absolute Gasteiger partial charge is 0.206 e. The lowest BCUT2D eigenvalue weighted by molar-refractivity contribution is 0.554. The largest absolute Gasteiger partial charge is 0.341 e. The molecule has 0 atom stereocenters.